The molecule has 0 aromatic carbocycles. The lowest BCUT2D eigenvalue weighted by atomic mass is 10.1. The Kier molecular flexibility index (Phi) is 5.53. The molecule has 1 rings (SSSR count). The maximum atomic E-state index is 4.25. The molecule has 0 spiro atoms. The van der Waals surface area contributed by atoms with E-state index in [9.17, 15) is 0 Å². The first-order valence-electron chi connectivity index (χ1n) is 6.36. The maximum Gasteiger partial charge on any atom is 0.0640 e. The Morgan fingerprint density at radius 1 is 1.44 bits per heavy atom. The molecule has 2 N–H and O–H groups in total. The van der Waals surface area contributed by atoms with Gasteiger partial charge >= 0.3 is 0 Å². The Bertz CT molecular complexity index is 293. The highest BCUT2D eigenvalue weighted by molar-refractivity contribution is 5.07. The zero-order valence-electron chi connectivity index (χ0n) is 11.0. The van der Waals surface area contributed by atoms with Gasteiger partial charge in [0.1, 0.15) is 0 Å². The Balaban J connectivity index is 2.23. The summed E-state index contributed by atoms with van der Waals surface area (Å²) in [5, 5.41) is 10.8. The van der Waals surface area contributed by atoms with Gasteiger partial charge in [0.15, 0.2) is 0 Å². The molecule has 92 valence electrons. The van der Waals surface area contributed by atoms with Crippen LogP contribution in [0.25, 0.3) is 0 Å². The predicted octanol–water partition coefficient (Wildman–Crippen LogP) is 2.67. The van der Waals surface area contributed by atoms with Gasteiger partial charge in [0.2, 0.25) is 0 Å². The second-order valence-electron chi connectivity index (χ2n) is 4.95. The van der Waals surface area contributed by atoms with Crippen molar-refractivity contribution in [2.45, 2.75) is 53.0 Å². The molecular formula is C13H25N3. The summed E-state index contributed by atoms with van der Waals surface area (Å²) in [6, 6.07) is 2.62. The van der Waals surface area contributed by atoms with Crippen LogP contribution in [0.5, 0.6) is 0 Å². The van der Waals surface area contributed by atoms with Crippen molar-refractivity contribution < 1.29 is 0 Å². The van der Waals surface area contributed by atoms with Crippen molar-refractivity contribution in [1.29, 1.82) is 0 Å². The van der Waals surface area contributed by atoms with E-state index >= 15 is 0 Å². The number of aromatic nitrogens is 2. The highest BCUT2D eigenvalue weighted by atomic mass is 15.1. The van der Waals surface area contributed by atoms with Gasteiger partial charge in [0.05, 0.1) is 5.69 Å². The molecule has 16 heavy (non-hydrogen) atoms. The molecule has 0 saturated carbocycles. The summed E-state index contributed by atoms with van der Waals surface area (Å²) in [6.07, 6.45) is 3.58. The molecule has 0 aliphatic rings. The SMILES string of the molecule is CCCC(C)CNC(C)Cc1cc(C)[nH]n1. The largest absolute Gasteiger partial charge is 0.314 e. The second-order valence-corrected chi connectivity index (χ2v) is 4.95. The maximum absolute atomic E-state index is 4.25. The number of hydrogen-bond acceptors (Lipinski definition) is 2. The van der Waals surface area contributed by atoms with Crippen molar-refractivity contribution >= 4 is 0 Å². The molecule has 0 saturated heterocycles. The summed E-state index contributed by atoms with van der Waals surface area (Å²) in [5.74, 6) is 0.772. The van der Waals surface area contributed by atoms with Crippen LogP contribution < -0.4 is 5.32 Å². The molecule has 0 aliphatic heterocycles. The van der Waals surface area contributed by atoms with Crippen LogP contribution in [-0.4, -0.2) is 22.8 Å². The third kappa shape index (κ3) is 4.79. The van der Waals surface area contributed by atoms with Gasteiger partial charge in [-0.05, 0) is 38.8 Å². The topological polar surface area (TPSA) is 40.7 Å². The second kappa shape index (κ2) is 6.69. The van der Waals surface area contributed by atoms with E-state index < -0.39 is 0 Å². The van der Waals surface area contributed by atoms with Gasteiger partial charge in [-0.15, -0.1) is 0 Å². The summed E-state index contributed by atoms with van der Waals surface area (Å²) in [5.41, 5.74) is 2.29. The van der Waals surface area contributed by atoms with Crippen molar-refractivity contribution in [2.24, 2.45) is 5.92 Å². The number of aromatic amines is 1. The Labute approximate surface area is 99.0 Å². The van der Waals surface area contributed by atoms with Crippen molar-refractivity contribution in [3.05, 3.63) is 17.5 Å². The van der Waals surface area contributed by atoms with Crippen LogP contribution in [0, 0.1) is 12.8 Å². The molecule has 3 heteroatoms. The lowest BCUT2D eigenvalue weighted by molar-refractivity contribution is 0.435. The zero-order valence-corrected chi connectivity index (χ0v) is 11.0. The summed E-state index contributed by atoms with van der Waals surface area (Å²) in [4.78, 5) is 0. The predicted molar refractivity (Wildman–Crippen MR) is 68.6 cm³/mol. The number of hydrogen-bond donors (Lipinski definition) is 2. The lowest BCUT2D eigenvalue weighted by Gasteiger charge is -2.16. The van der Waals surface area contributed by atoms with E-state index in [2.05, 4.69) is 42.4 Å². The normalized spacial score (nSPS) is 15.0. The van der Waals surface area contributed by atoms with Gasteiger partial charge in [-0.3, -0.25) is 5.10 Å². The number of nitrogens with zero attached hydrogens (tertiary/aromatic N) is 1. The molecule has 0 fully saturated rings. The fourth-order valence-corrected chi connectivity index (χ4v) is 1.96. The molecular weight excluding hydrogens is 198 g/mol. The van der Waals surface area contributed by atoms with E-state index in [0.29, 0.717) is 6.04 Å². The quantitative estimate of drug-likeness (QED) is 0.746. The van der Waals surface area contributed by atoms with Crippen molar-refractivity contribution in [3.8, 4) is 0 Å². The Hall–Kier alpha value is -0.830. The third-order valence-corrected chi connectivity index (χ3v) is 2.87. The minimum atomic E-state index is 0.502. The zero-order chi connectivity index (χ0) is 12.0. The smallest absolute Gasteiger partial charge is 0.0640 e. The van der Waals surface area contributed by atoms with Crippen LogP contribution in [0.4, 0.5) is 0 Å². The van der Waals surface area contributed by atoms with E-state index in [1.54, 1.807) is 0 Å². The minimum absolute atomic E-state index is 0.502. The van der Waals surface area contributed by atoms with Crippen molar-refractivity contribution in [1.82, 2.24) is 15.5 Å². The average molecular weight is 223 g/mol. The molecule has 2 atom stereocenters. The van der Waals surface area contributed by atoms with Gasteiger partial charge in [-0.25, -0.2) is 0 Å². The van der Waals surface area contributed by atoms with Crippen LogP contribution in [0.15, 0.2) is 6.07 Å². The van der Waals surface area contributed by atoms with Crippen molar-refractivity contribution in [3.63, 3.8) is 0 Å². The van der Waals surface area contributed by atoms with E-state index in [4.69, 9.17) is 0 Å². The molecule has 3 nitrogen and oxygen atoms in total. The molecule has 0 aliphatic carbocycles. The van der Waals surface area contributed by atoms with E-state index in [0.717, 1.165) is 30.3 Å². The van der Waals surface area contributed by atoms with E-state index in [1.807, 2.05) is 6.92 Å². The van der Waals surface area contributed by atoms with Crippen LogP contribution >= 0.6 is 0 Å². The Morgan fingerprint density at radius 2 is 2.19 bits per heavy atom. The average Bonchev–Trinajstić information content (AvgIpc) is 2.61. The Morgan fingerprint density at radius 3 is 2.75 bits per heavy atom. The van der Waals surface area contributed by atoms with Crippen LogP contribution in [0.2, 0.25) is 0 Å². The molecule has 2 unspecified atom stereocenters. The highest BCUT2D eigenvalue weighted by Gasteiger charge is 2.07. The first-order chi connectivity index (χ1) is 7.61. The fourth-order valence-electron chi connectivity index (χ4n) is 1.96. The lowest BCUT2D eigenvalue weighted by Crippen LogP contribution is -2.32. The van der Waals surface area contributed by atoms with Gasteiger partial charge in [0.25, 0.3) is 0 Å². The first-order valence-corrected chi connectivity index (χ1v) is 6.36. The minimum Gasteiger partial charge on any atom is -0.314 e. The van der Waals surface area contributed by atoms with Gasteiger partial charge in [0, 0.05) is 18.2 Å². The van der Waals surface area contributed by atoms with Crippen LogP contribution in [-0.2, 0) is 6.42 Å². The molecule has 0 amide bonds. The van der Waals surface area contributed by atoms with Gasteiger partial charge in [-0.2, -0.15) is 5.10 Å². The number of aryl methyl sites for hydroxylation is 1. The summed E-state index contributed by atoms with van der Waals surface area (Å²) < 4.78 is 0. The van der Waals surface area contributed by atoms with E-state index in [1.165, 1.54) is 12.8 Å². The standard InChI is InChI=1S/C13H25N3/c1-5-6-10(2)9-14-11(3)7-13-8-12(4)15-16-13/h8,10-11,14H,5-7,9H2,1-4H3,(H,15,16). The highest BCUT2D eigenvalue weighted by Crippen LogP contribution is 2.05. The number of H-pyrrole nitrogens is 1. The van der Waals surface area contributed by atoms with Crippen molar-refractivity contribution in [2.75, 3.05) is 6.54 Å². The van der Waals surface area contributed by atoms with Gasteiger partial charge in [-0.1, -0.05) is 20.3 Å². The summed E-state index contributed by atoms with van der Waals surface area (Å²) in [7, 11) is 0. The molecule has 1 aromatic rings. The molecule has 0 bridgehead atoms. The monoisotopic (exact) mass is 223 g/mol. The third-order valence-electron chi connectivity index (χ3n) is 2.87. The van der Waals surface area contributed by atoms with Crippen LogP contribution in [0.3, 0.4) is 0 Å². The molecule has 1 heterocycles. The molecule has 1 aromatic heterocycles. The van der Waals surface area contributed by atoms with Crippen LogP contribution in [0.1, 0.15) is 45.0 Å². The van der Waals surface area contributed by atoms with Gasteiger partial charge < -0.3 is 5.32 Å². The number of nitrogens with one attached hydrogen (secondary N) is 2. The number of rotatable bonds is 7. The fraction of sp³-hybridized carbons (Fsp3) is 0.769. The van der Waals surface area contributed by atoms with E-state index in [-0.39, 0.29) is 0 Å². The first kappa shape index (κ1) is 13.2. The summed E-state index contributed by atoms with van der Waals surface area (Å²) in [6.45, 7) is 9.92. The molecule has 0 radical (unpaired) electrons. The summed E-state index contributed by atoms with van der Waals surface area (Å²) >= 11 is 0.